The molecule has 1 rings (SSSR count). The predicted octanol–water partition coefficient (Wildman–Crippen LogP) is 2.39. The van der Waals surface area contributed by atoms with Crippen LogP contribution in [0.25, 0.3) is 0 Å². The molecule has 0 aromatic carbocycles. The molecule has 16 heavy (non-hydrogen) atoms. The molecule has 0 spiro atoms. The van der Waals surface area contributed by atoms with Gasteiger partial charge in [-0.1, -0.05) is 0 Å². The van der Waals surface area contributed by atoms with Crippen molar-refractivity contribution in [3.8, 4) is 0 Å². The smallest absolute Gasteiger partial charge is 0.377 e. The molecule has 1 heterocycles. The van der Waals surface area contributed by atoms with Gasteiger partial charge in [0.15, 0.2) is 0 Å². The summed E-state index contributed by atoms with van der Waals surface area (Å²) in [7, 11) is 0. The van der Waals surface area contributed by atoms with E-state index < -0.39 is 12.0 Å². The number of hydrogen-bond acceptors (Lipinski definition) is 5. The van der Waals surface area contributed by atoms with E-state index in [0.29, 0.717) is 24.7 Å². The molecule has 1 N–H and O–H groups in total. The van der Waals surface area contributed by atoms with E-state index in [2.05, 4.69) is 14.7 Å². The molecule has 92 valence electrons. The molecule has 0 saturated heterocycles. The van der Waals surface area contributed by atoms with E-state index in [0.717, 1.165) is 0 Å². The molecule has 4 nitrogen and oxygen atoms in total. The Bertz CT molecular complexity index is 329. The lowest BCUT2D eigenvalue weighted by Crippen LogP contribution is -2.19. The number of nitrogens with zero attached hydrogens (tertiary/aromatic N) is 2. The monoisotopic (exact) mass is 255 g/mol. The normalized spacial score (nSPS) is 13.8. The van der Waals surface area contributed by atoms with Crippen molar-refractivity contribution in [2.75, 3.05) is 18.5 Å². The maximum Gasteiger partial charge on any atom is 0.452 e. The zero-order valence-corrected chi connectivity index (χ0v) is 9.65. The molecule has 1 unspecified atom stereocenters. The van der Waals surface area contributed by atoms with Crippen LogP contribution in [0.2, 0.25) is 0 Å². The zero-order valence-electron chi connectivity index (χ0n) is 8.84. The van der Waals surface area contributed by atoms with E-state index in [-0.39, 0.29) is 11.2 Å². The number of halogens is 3. The van der Waals surface area contributed by atoms with Gasteiger partial charge in [-0.2, -0.15) is 22.5 Å². The van der Waals surface area contributed by atoms with Gasteiger partial charge < -0.3 is 10.1 Å². The van der Waals surface area contributed by atoms with Gasteiger partial charge in [0.25, 0.3) is 0 Å². The Morgan fingerprint density at radius 2 is 2.19 bits per heavy atom. The minimum atomic E-state index is -4.48. The molecule has 1 atom stereocenters. The van der Waals surface area contributed by atoms with Gasteiger partial charge in [-0.25, -0.2) is 0 Å². The lowest BCUT2D eigenvalue weighted by molar-refractivity contribution is -0.144. The van der Waals surface area contributed by atoms with E-state index in [4.69, 9.17) is 4.74 Å². The van der Waals surface area contributed by atoms with Crippen LogP contribution in [0.3, 0.4) is 0 Å². The molecule has 0 aliphatic carbocycles. The van der Waals surface area contributed by atoms with Gasteiger partial charge in [0.2, 0.25) is 11.0 Å². The van der Waals surface area contributed by atoms with Gasteiger partial charge in [-0.15, -0.1) is 0 Å². The number of aromatic nitrogens is 2. The summed E-state index contributed by atoms with van der Waals surface area (Å²) in [6.45, 7) is 4.64. The second-order valence-corrected chi connectivity index (χ2v) is 3.82. The topological polar surface area (TPSA) is 47.0 Å². The summed E-state index contributed by atoms with van der Waals surface area (Å²) < 4.78 is 44.9. The van der Waals surface area contributed by atoms with Crippen LogP contribution in [0.5, 0.6) is 0 Å². The summed E-state index contributed by atoms with van der Waals surface area (Å²) in [4.78, 5) is 3.33. The Hall–Kier alpha value is -0.890. The average molecular weight is 255 g/mol. The first-order valence-electron chi connectivity index (χ1n) is 4.70. The molecule has 1 aromatic rings. The molecular formula is C8H12F3N3OS. The Labute approximate surface area is 95.0 Å². The van der Waals surface area contributed by atoms with Crippen LogP contribution in [-0.4, -0.2) is 28.6 Å². The third-order valence-corrected chi connectivity index (χ3v) is 2.34. The predicted molar refractivity (Wildman–Crippen MR) is 54.5 cm³/mol. The fourth-order valence-electron chi connectivity index (χ4n) is 0.985. The summed E-state index contributed by atoms with van der Waals surface area (Å²) in [5, 5.41) is 2.89. The molecule has 0 aliphatic rings. The first-order chi connectivity index (χ1) is 7.43. The van der Waals surface area contributed by atoms with Crippen molar-refractivity contribution >= 4 is 16.7 Å². The summed E-state index contributed by atoms with van der Waals surface area (Å²) in [5.41, 5.74) is 0. The van der Waals surface area contributed by atoms with Crippen molar-refractivity contribution in [2.45, 2.75) is 26.1 Å². The maximum absolute atomic E-state index is 12.2. The first-order valence-corrected chi connectivity index (χ1v) is 5.47. The van der Waals surface area contributed by atoms with Gasteiger partial charge in [0.05, 0.1) is 6.10 Å². The van der Waals surface area contributed by atoms with Crippen molar-refractivity contribution in [3.63, 3.8) is 0 Å². The molecule has 8 heteroatoms. The lowest BCUT2D eigenvalue weighted by atomic mass is 10.4. The first kappa shape index (κ1) is 13.2. The molecular weight excluding hydrogens is 243 g/mol. The number of alkyl halides is 3. The number of ether oxygens (including phenoxy) is 1. The molecule has 0 bridgehead atoms. The van der Waals surface area contributed by atoms with Crippen molar-refractivity contribution < 1.29 is 17.9 Å². The van der Waals surface area contributed by atoms with Crippen LogP contribution in [-0.2, 0) is 10.9 Å². The summed E-state index contributed by atoms with van der Waals surface area (Å²) in [5.74, 6) is -1.11. The quantitative estimate of drug-likeness (QED) is 0.877. The van der Waals surface area contributed by atoms with Gasteiger partial charge in [0, 0.05) is 24.7 Å². The van der Waals surface area contributed by atoms with Gasteiger partial charge >= 0.3 is 6.18 Å². The number of nitrogens with one attached hydrogen (secondary N) is 1. The second-order valence-electron chi connectivity index (χ2n) is 3.07. The van der Waals surface area contributed by atoms with Gasteiger partial charge in [-0.05, 0) is 13.8 Å². The second kappa shape index (κ2) is 5.44. The highest BCUT2D eigenvalue weighted by Crippen LogP contribution is 2.28. The third kappa shape index (κ3) is 3.93. The Morgan fingerprint density at radius 1 is 1.50 bits per heavy atom. The van der Waals surface area contributed by atoms with E-state index >= 15 is 0 Å². The fourth-order valence-corrected chi connectivity index (χ4v) is 1.58. The van der Waals surface area contributed by atoms with Crippen molar-refractivity contribution in [1.82, 2.24) is 9.36 Å². The zero-order chi connectivity index (χ0) is 12.2. The third-order valence-electron chi connectivity index (χ3n) is 1.67. The summed E-state index contributed by atoms with van der Waals surface area (Å²) in [6.07, 6.45) is -4.56. The van der Waals surface area contributed by atoms with Crippen LogP contribution in [0.4, 0.5) is 18.3 Å². The Kier molecular flexibility index (Phi) is 4.48. The summed E-state index contributed by atoms with van der Waals surface area (Å²) in [6, 6.07) is 0. The van der Waals surface area contributed by atoms with E-state index in [1.807, 2.05) is 13.8 Å². The van der Waals surface area contributed by atoms with Crippen LogP contribution in [0.15, 0.2) is 0 Å². The van der Waals surface area contributed by atoms with Crippen LogP contribution in [0, 0.1) is 0 Å². The molecule has 1 aromatic heterocycles. The van der Waals surface area contributed by atoms with Gasteiger partial charge in [0.1, 0.15) is 0 Å². The van der Waals surface area contributed by atoms with Crippen molar-refractivity contribution in [3.05, 3.63) is 5.82 Å². The molecule has 0 fully saturated rings. The fraction of sp³-hybridized carbons (Fsp3) is 0.750. The van der Waals surface area contributed by atoms with Crippen molar-refractivity contribution in [2.24, 2.45) is 0 Å². The highest BCUT2D eigenvalue weighted by Gasteiger charge is 2.36. The van der Waals surface area contributed by atoms with Crippen LogP contribution >= 0.6 is 11.5 Å². The highest BCUT2D eigenvalue weighted by molar-refractivity contribution is 7.09. The minimum absolute atomic E-state index is 0.0803. The number of rotatable bonds is 5. The largest absolute Gasteiger partial charge is 0.452 e. The SMILES string of the molecule is CCOC(C)CNc1nc(C(F)(F)F)ns1. The molecule has 0 amide bonds. The van der Waals surface area contributed by atoms with E-state index in [1.54, 1.807) is 0 Å². The van der Waals surface area contributed by atoms with Crippen LogP contribution in [0.1, 0.15) is 19.7 Å². The van der Waals surface area contributed by atoms with Crippen LogP contribution < -0.4 is 5.32 Å². The van der Waals surface area contributed by atoms with Gasteiger partial charge in [-0.3, -0.25) is 0 Å². The highest BCUT2D eigenvalue weighted by atomic mass is 32.1. The minimum Gasteiger partial charge on any atom is -0.377 e. The molecule has 0 aliphatic heterocycles. The molecule has 0 saturated carbocycles. The average Bonchev–Trinajstić information content (AvgIpc) is 2.63. The maximum atomic E-state index is 12.2. The number of anilines is 1. The summed E-state index contributed by atoms with van der Waals surface area (Å²) >= 11 is 0.689. The Balaban J connectivity index is 2.47. The lowest BCUT2D eigenvalue weighted by Gasteiger charge is -2.11. The van der Waals surface area contributed by atoms with E-state index in [1.165, 1.54) is 0 Å². The Morgan fingerprint density at radius 3 is 2.69 bits per heavy atom. The molecule has 0 radical (unpaired) electrons. The van der Waals surface area contributed by atoms with Crippen molar-refractivity contribution in [1.29, 1.82) is 0 Å². The standard InChI is InChI=1S/C8H12F3N3OS/c1-3-15-5(2)4-12-7-13-6(14-16-7)8(9,10)11/h5H,3-4H2,1-2H3,(H,12,13,14). The number of hydrogen-bond donors (Lipinski definition) is 1. The van der Waals surface area contributed by atoms with E-state index in [9.17, 15) is 13.2 Å².